The first-order chi connectivity index (χ1) is 11.6. The van der Waals surface area contributed by atoms with Gasteiger partial charge in [-0.25, -0.2) is 8.42 Å². The van der Waals surface area contributed by atoms with Crippen molar-refractivity contribution in [1.82, 2.24) is 9.62 Å². The summed E-state index contributed by atoms with van der Waals surface area (Å²) in [4.78, 5) is 0.501. The van der Waals surface area contributed by atoms with Gasteiger partial charge in [0, 0.05) is 19.1 Å². The second kappa shape index (κ2) is 6.77. The normalized spacial score (nSPS) is 26.4. The number of fused-ring (bicyclic) bond motifs is 1. The van der Waals surface area contributed by atoms with E-state index in [-0.39, 0.29) is 0 Å². The molecule has 1 aliphatic carbocycles. The minimum Gasteiger partial charge on any atom is -0.314 e. The monoisotopic (exact) mass is 348 g/mol. The minimum atomic E-state index is -3.33. The lowest BCUT2D eigenvalue weighted by atomic mass is 9.89. The van der Waals surface area contributed by atoms with Crippen LogP contribution in [0.1, 0.15) is 49.7 Å². The number of hydrogen-bond donors (Lipinski definition) is 1. The van der Waals surface area contributed by atoms with Gasteiger partial charge >= 0.3 is 0 Å². The molecule has 0 saturated carbocycles. The van der Waals surface area contributed by atoms with Gasteiger partial charge in [0.25, 0.3) is 0 Å². The second-order valence-corrected chi connectivity index (χ2v) is 9.52. The molecule has 5 heteroatoms. The molecule has 2 aliphatic heterocycles. The third-order valence-corrected chi connectivity index (χ3v) is 8.02. The van der Waals surface area contributed by atoms with Crippen LogP contribution >= 0.6 is 0 Å². The molecule has 1 aromatic carbocycles. The van der Waals surface area contributed by atoms with E-state index in [2.05, 4.69) is 5.32 Å². The van der Waals surface area contributed by atoms with Gasteiger partial charge in [0.15, 0.2) is 0 Å². The topological polar surface area (TPSA) is 49.4 Å². The molecule has 0 amide bonds. The lowest BCUT2D eigenvalue weighted by Gasteiger charge is -2.34. The van der Waals surface area contributed by atoms with Crippen LogP contribution in [0.15, 0.2) is 23.1 Å². The molecule has 3 aliphatic rings. The highest BCUT2D eigenvalue weighted by Gasteiger charge is 2.33. The van der Waals surface area contributed by atoms with Crippen molar-refractivity contribution in [1.29, 1.82) is 0 Å². The number of nitrogens with zero attached hydrogens (tertiary/aromatic N) is 1. The molecular weight excluding hydrogens is 320 g/mol. The zero-order valence-corrected chi connectivity index (χ0v) is 15.2. The van der Waals surface area contributed by atoms with Crippen molar-refractivity contribution in [3.8, 4) is 0 Å². The van der Waals surface area contributed by atoms with Crippen LogP contribution in [0, 0.1) is 5.92 Å². The van der Waals surface area contributed by atoms with Crippen LogP contribution in [0.4, 0.5) is 0 Å². The SMILES string of the molecule is O=S(=O)(c1ccc2c(c1)CCCC2)N1CCC(C2CCCN2)CC1. The van der Waals surface area contributed by atoms with Gasteiger partial charge in [-0.2, -0.15) is 4.31 Å². The summed E-state index contributed by atoms with van der Waals surface area (Å²) in [6.07, 6.45) is 9.01. The molecule has 0 radical (unpaired) electrons. The molecule has 0 aromatic heterocycles. The Morgan fingerprint density at radius 3 is 2.42 bits per heavy atom. The average molecular weight is 349 g/mol. The first kappa shape index (κ1) is 16.6. The standard InChI is InChI=1S/C19H28N2O2S/c22-24(23,18-8-7-15-4-1-2-5-17(15)14-18)21-12-9-16(10-13-21)19-6-3-11-20-19/h7-8,14,16,19-20H,1-6,9-13H2. The van der Waals surface area contributed by atoms with Crippen molar-refractivity contribution in [3.05, 3.63) is 29.3 Å². The van der Waals surface area contributed by atoms with Gasteiger partial charge in [-0.05, 0) is 87.1 Å². The number of hydrogen-bond acceptors (Lipinski definition) is 3. The van der Waals surface area contributed by atoms with Crippen molar-refractivity contribution in [3.63, 3.8) is 0 Å². The predicted octanol–water partition coefficient (Wildman–Crippen LogP) is 2.72. The molecule has 2 saturated heterocycles. The molecule has 1 atom stereocenters. The van der Waals surface area contributed by atoms with Gasteiger partial charge in [-0.3, -0.25) is 0 Å². The van der Waals surface area contributed by atoms with E-state index in [9.17, 15) is 8.42 Å². The molecule has 24 heavy (non-hydrogen) atoms. The molecule has 0 spiro atoms. The Labute approximate surface area is 145 Å². The predicted molar refractivity (Wildman–Crippen MR) is 95.6 cm³/mol. The highest BCUT2D eigenvalue weighted by Crippen LogP contribution is 2.30. The Kier molecular flexibility index (Phi) is 4.67. The van der Waals surface area contributed by atoms with E-state index in [0.717, 1.165) is 32.2 Å². The number of piperidine rings is 1. The lowest BCUT2D eigenvalue weighted by Crippen LogP contribution is -2.43. The summed E-state index contributed by atoms with van der Waals surface area (Å²) in [5.41, 5.74) is 2.58. The summed E-state index contributed by atoms with van der Waals surface area (Å²) < 4.78 is 27.7. The first-order valence-corrected chi connectivity index (χ1v) is 10.9. The number of benzene rings is 1. The number of aryl methyl sites for hydroxylation is 2. The number of sulfonamides is 1. The molecule has 0 bridgehead atoms. The Morgan fingerprint density at radius 2 is 1.71 bits per heavy atom. The Hall–Kier alpha value is -0.910. The van der Waals surface area contributed by atoms with E-state index >= 15 is 0 Å². The van der Waals surface area contributed by atoms with E-state index in [4.69, 9.17) is 0 Å². The van der Waals surface area contributed by atoms with Crippen LogP contribution in [0.3, 0.4) is 0 Å². The highest BCUT2D eigenvalue weighted by molar-refractivity contribution is 7.89. The van der Waals surface area contributed by atoms with Crippen molar-refractivity contribution in [2.24, 2.45) is 5.92 Å². The summed E-state index contributed by atoms with van der Waals surface area (Å²) in [5.74, 6) is 0.641. The van der Waals surface area contributed by atoms with Crippen LogP contribution in [0.25, 0.3) is 0 Å². The zero-order valence-electron chi connectivity index (χ0n) is 14.3. The van der Waals surface area contributed by atoms with Gasteiger partial charge in [0.1, 0.15) is 0 Å². The quantitative estimate of drug-likeness (QED) is 0.914. The maximum absolute atomic E-state index is 13.0. The maximum atomic E-state index is 13.0. The van der Waals surface area contributed by atoms with Gasteiger partial charge < -0.3 is 5.32 Å². The molecule has 2 heterocycles. The number of nitrogens with one attached hydrogen (secondary N) is 1. The third kappa shape index (κ3) is 3.14. The average Bonchev–Trinajstić information content (AvgIpc) is 3.16. The Bertz CT molecular complexity index is 687. The third-order valence-electron chi connectivity index (χ3n) is 6.12. The second-order valence-electron chi connectivity index (χ2n) is 7.58. The van der Waals surface area contributed by atoms with Crippen molar-refractivity contribution in [2.75, 3.05) is 19.6 Å². The molecule has 4 rings (SSSR count). The van der Waals surface area contributed by atoms with Gasteiger partial charge in [0.2, 0.25) is 10.0 Å². The van der Waals surface area contributed by atoms with Crippen LogP contribution in [-0.2, 0) is 22.9 Å². The molecule has 1 aromatic rings. The van der Waals surface area contributed by atoms with Crippen LogP contribution in [0.2, 0.25) is 0 Å². The fraction of sp³-hybridized carbons (Fsp3) is 0.684. The van der Waals surface area contributed by atoms with Gasteiger partial charge in [-0.1, -0.05) is 6.07 Å². The molecule has 4 nitrogen and oxygen atoms in total. The highest BCUT2D eigenvalue weighted by atomic mass is 32.2. The van der Waals surface area contributed by atoms with Crippen LogP contribution in [-0.4, -0.2) is 38.4 Å². The van der Waals surface area contributed by atoms with E-state index in [1.807, 2.05) is 18.2 Å². The Balaban J connectivity index is 1.47. The summed E-state index contributed by atoms with van der Waals surface area (Å²) in [7, 11) is -3.33. The lowest BCUT2D eigenvalue weighted by molar-refractivity contribution is 0.234. The van der Waals surface area contributed by atoms with E-state index in [1.54, 1.807) is 4.31 Å². The van der Waals surface area contributed by atoms with Crippen LogP contribution in [0.5, 0.6) is 0 Å². The number of rotatable bonds is 3. The first-order valence-electron chi connectivity index (χ1n) is 9.50. The van der Waals surface area contributed by atoms with E-state index in [0.29, 0.717) is 29.9 Å². The molecule has 2 fully saturated rings. The molecular formula is C19H28N2O2S. The maximum Gasteiger partial charge on any atom is 0.243 e. The van der Waals surface area contributed by atoms with Gasteiger partial charge in [0.05, 0.1) is 4.90 Å². The van der Waals surface area contributed by atoms with Crippen molar-refractivity contribution < 1.29 is 8.42 Å². The smallest absolute Gasteiger partial charge is 0.243 e. The van der Waals surface area contributed by atoms with E-state index in [1.165, 1.54) is 36.8 Å². The van der Waals surface area contributed by atoms with Crippen molar-refractivity contribution >= 4 is 10.0 Å². The van der Waals surface area contributed by atoms with Crippen molar-refractivity contribution in [2.45, 2.75) is 62.3 Å². The zero-order chi connectivity index (χ0) is 16.6. The summed E-state index contributed by atoms with van der Waals surface area (Å²) >= 11 is 0. The fourth-order valence-electron chi connectivity index (χ4n) is 4.65. The van der Waals surface area contributed by atoms with Crippen LogP contribution < -0.4 is 5.32 Å². The summed E-state index contributed by atoms with van der Waals surface area (Å²) in [5, 5.41) is 3.58. The molecule has 1 N–H and O–H groups in total. The fourth-order valence-corrected chi connectivity index (χ4v) is 6.17. The molecule has 1 unspecified atom stereocenters. The largest absolute Gasteiger partial charge is 0.314 e. The van der Waals surface area contributed by atoms with E-state index < -0.39 is 10.0 Å². The van der Waals surface area contributed by atoms with Gasteiger partial charge in [-0.15, -0.1) is 0 Å². The molecule has 132 valence electrons. The Morgan fingerprint density at radius 1 is 0.958 bits per heavy atom. The minimum absolute atomic E-state index is 0.501. The summed E-state index contributed by atoms with van der Waals surface area (Å²) in [6.45, 7) is 2.46. The summed E-state index contributed by atoms with van der Waals surface area (Å²) in [6, 6.07) is 6.41.